The number of carbonyl (C=O) groups is 2. The van der Waals surface area contributed by atoms with Gasteiger partial charge in [0.1, 0.15) is 0 Å². The molecule has 6 nitrogen and oxygen atoms in total. The van der Waals surface area contributed by atoms with E-state index in [2.05, 4.69) is 5.32 Å². The van der Waals surface area contributed by atoms with Gasteiger partial charge in [0.15, 0.2) is 0 Å². The normalized spacial score (nSPS) is 22.6. The van der Waals surface area contributed by atoms with E-state index in [1.165, 1.54) is 29.2 Å². The van der Waals surface area contributed by atoms with Gasteiger partial charge in [-0.2, -0.15) is 13.2 Å². The minimum absolute atomic E-state index is 0.0244. The maximum absolute atomic E-state index is 14.3. The number of hydrogen-bond donors (Lipinski definition) is 1. The highest BCUT2D eigenvalue weighted by molar-refractivity contribution is 5.88. The molecule has 1 unspecified atom stereocenters. The maximum Gasteiger partial charge on any atom is 0.430 e. The fourth-order valence-corrected chi connectivity index (χ4v) is 5.50. The fraction of sp³-hybridized carbons (Fsp3) is 0.500. The number of nitrogens with zero attached hydrogens (tertiary/aromatic N) is 2. The second-order valence-electron chi connectivity index (χ2n) is 8.98. The lowest BCUT2D eigenvalue weighted by Gasteiger charge is -2.50. The number of piperidine rings is 2. The molecule has 3 heterocycles. The summed E-state index contributed by atoms with van der Waals surface area (Å²) in [6, 6.07) is 11.0. The van der Waals surface area contributed by atoms with E-state index in [4.69, 9.17) is 4.74 Å². The molecule has 0 bridgehead atoms. The van der Waals surface area contributed by atoms with Crippen LogP contribution in [0.4, 0.5) is 13.2 Å². The van der Waals surface area contributed by atoms with Crippen molar-refractivity contribution in [2.75, 3.05) is 26.7 Å². The van der Waals surface area contributed by atoms with Crippen molar-refractivity contribution in [2.45, 2.75) is 37.0 Å². The molecule has 1 N–H and O–H groups in total. The number of aromatic nitrogens is 1. The number of aryl methyl sites for hydroxylation is 1. The van der Waals surface area contributed by atoms with Crippen molar-refractivity contribution in [1.29, 1.82) is 0 Å². The first-order chi connectivity index (χ1) is 15.6. The van der Waals surface area contributed by atoms with Crippen molar-refractivity contribution in [2.24, 2.45) is 12.5 Å². The van der Waals surface area contributed by atoms with Gasteiger partial charge >= 0.3 is 6.18 Å². The molecule has 0 aliphatic carbocycles. The van der Waals surface area contributed by atoms with E-state index in [0.717, 1.165) is 12.8 Å². The smallest absolute Gasteiger partial charge is 0.356 e. The molecule has 2 amide bonds. The number of carbonyl (C=O) groups excluding carboxylic acids is 2. The summed E-state index contributed by atoms with van der Waals surface area (Å²) in [5.41, 5.74) is -2.66. The van der Waals surface area contributed by atoms with Crippen LogP contribution in [0.15, 0.2) is 48.7 Å². The van der Waals surface area contributed by atoms with E-state index in [1.807, 2.05) is 29.9 Å². The molecule has 33 heavy (non-hydrogen) atoms. The molecule has 1 aromatic heterocycles. The van der Waals surface area contributed by atoms with Crippen molar-refractivity contribution < 1.29 is 27.5 Å². The van der Waals surface area contributed by atoms with Crippen molar-refractivity contribution in [3.05, 3.63) is 59.9 Å². The van der Waals surface area contributed by atoms with E-state index in [0.29, 0.717) is 19.4 Å². The molecule has 2 fully saturated rings. The van der Waals surface area contributed by atoms with Gasteiger partial charge < -0.3 is 19.5 Å². The van der Waals surface area contributed by atoms with E-state index >= 15 is 0 Å². The van der Waals surface area contributed by atoms with Crippen LogP contribution in [0.1, 0.15) is 36.4 Å². The number of benzene rings is 1. The van der Waals surface area contributed by atoms with Gasteiger partial charge in [-0.15, -0.1) is 0 Å². The number of nitrogens with one attached hydrogen (secondary N) is 1. The Balaban J connectivity index is 1.62. The third kappa shape index (κ3) is 3.82. The molecule has 9 heteroatoms. The molecule has 2 aliphatic heterocycles. The van der Waals surface area contributed by atoms with E-state index in [-0.39, 0.29) is 36.9 Å². The van der Waals surface area contributed by atoms with Crippen LogP contribution in [0.2, 0.25) is 0 Å². The van der Waals surface area contributed by atoms with E-state index in [1.54, 1.807) is 6.07 Å². The van der Waals surface area contributed by atoms with Crippen molar-refractivity contribution in [3.8, 4) is 0 Å². The number of ether oxygens (including phenoxy) is 1. The molecule has 2 aromatic rings. The quantitative estimate of drug-likeness (QED) is 0.757. The van der Waals surface area contributed by atoms with Crippen LogP contribution in [0.3, 0.4) is 0 Å². The van der Waals surface area contributed by atoms with Crippen LogP contribution in [0.25, 0.3) is 0 Å². The van der Waals surface area contributed by atoms with Gasteiger partial charge in [-0.05, 0) is 30.4 Å². The van der Waals surface area contributed by atoms with Gasteiger partial charge in [-0.25, -0.2) is 0 Å². The molecular formula is C24H28F3N3O3. The van der Waals surface area contributed by atoms with Crippen LogP contribution in [-0.4, -0.2) is 54.2 Å². The Kier molecular flexibility index (Phi) is 6.03. The molecule has 0 saturated carbocycles. The lowest BCUT2D eigenvalue weighted by molar-refractivity contribution is -0.271. The summed E-state index contributed by atoms with van der Waals surface area (Å²) >= 11 is 0. The Morgan fingerprint density at radius 2 is 1.79 bits per heavy atom. The number of amides is 2. The average Bonchev–Trinajstić information content (AvgIpc) is 3.20. The Hall–Kier alpha value is -2.81. The summed E-state index contributed by atoms with van der Waals surface area (Å²) in [5.74, 6) is -1.16. The number of halogens is 3. The molecular weight excluding hydrogens is 435 g/mol. The van der Waals surface area contributed by atoms with Crippen LogP contribution in [0, 0.1) is 5.41 Å². The molecule has 4 rings (SSSR count). The first kappa shape index (κ1) is 23.4. The predicted octanol–water partition coefficient (Wildman–Crippen LogP) is 3.34. The maximum atomic E-state index is 14.3. The van der Waals surface area contributed by atoms with Crippen molar-refractivity contribution in [3.63, 3.8) is 0 Å². The monoisotopic (exact) mass is 463 g/mol. The SMILES string of the molecule is CO[C@@](C(=O)N1CCC2(CC1)CC(=O)NCC2c1cccn1C)(c1ccccc1)C(F)(F)F. The number of hydrogen-bond acceptors (Lipinski definition) is 3. The predicted molar refractivity (Wildman–Crippen MR) is 115 cm³/mol. The molecule has 1 aromatic carbocycles. The third-order valence-corrected chi connectivity index (χ3v) is 7.33. The average molecular weight is 464 g/mol. The molecule has 2 atom stereocenters. The summed E-state index contributed by atoms with van der Waals surface area (Å²) in [7, 11) is 2.86. The second-order valence-corrected chi connectivity index (χ2v) is 8.98. The molecule has 1 spiro atoms. The Morgan fingerprint density at radius 1 is 1.12 bits per heavy atom. The van der Waals surface area contributed by atoms with Crippen molar-refractivity contribution >= 4 is 11.8 Å². The highest BCUT2D eigenvalue weighted by Crippen LogP contribution is 2.50. The molecule has 2 saturated heterocycles. The summed E-state index contributed by atoms with van der Waals surface area (Å²) in [6.45, 7) is 0.724. The zero-order valence-corrected chi connectivity index (χ0v) is 18.7. The third-order valence-electron chi connectivity index (χ3n) is 7.33. The number of methoxy groups -OCH3 is 1. The first-order valence-corrected chi connectivity index (χ1v) is 11.0. The van der Waals surface area contributed by atoms with Gasteiger partial charge in [-0.3, -0.25) is 9.59 Å². The lowest BCUT2D eigenvalue weighted by Crippen LogP contribution is -2.60. The summed E-state index contributed by atoms with van der Waals surface area (Å²) < 4.78 is 50.0. The lowest BCUT2D eigenvalue weighted by atomic mass is 9.63. The Labute approximate surface area is 190 Å². The zero-order chi connectivity index (χ0) is 23.9. The van der Waals surface area contributed by atoms with Crippen LogP contribution >= 0.6 is 0 Å². The molecule has 178 valence electrons. The summed E-state index contributed by atoms with van der Waals surface area (Å²) in [4.78, 5) is 26.9. The van der Waals surface area contributed by atoms with E-state index in [9.17, 15) is 22.8 Å². The van der Waals surface area contributed by atoms with Gasteiger partial charge in [0, 0.05) is 63.6 Å². The Bertz CT molecular complexity index is 1010. The van der Waals surface area contributed by atoms with Gasteiger partial charge in [0.2, 0.25) is 5.91 Å². The van der Waals surface area contributed by atoms with Crippen LogP contribution < -0.4 is 5.32 Å². The van der Waals surface area contributed by atoms with Crippen LogP contribution in [-0.2, 0) is 27.0 Å². The first-order valence-electron chi connectivity index (χ1n) is 11.0. The summed E-state index contributed by atoms with van der Waals surface area (Å²) in [5, 5.41) is 2.93. The molecule has 0 radical (unpaired) electrons. The fourth-order valence-electron chi connectivity index (χ4n) is 5.50. The molecule has 2 aliphatic rings. The van der Waals surface area contributed by atoms with Gasteiger partial charge in [0.05, 0.1) is 0 Å². The summed E-state index contributed by atoms with van der Waals surface area (Å²) in [6.07, 6.45) is -1.83. The van der Waals surface area contributed by atoms with Gasteiger partial charge in [-0.1, -0.05) is 30.3 Å². The minimum Gasteiger partial charge on any atom is -0.356 e. The minimum atomic E-state index is -4.94. The highest BCUT2D eigenvalue weighted by atomic mass is 19.4. The topological polar surface area (TPSA) is 63.6 Å². The van der Waals surface area contributed by atoms with E-state index < -0.39 is 23.1 Å². The zero-order valence-electron chi connectivity index (χ0n) is 18.7. The standard InChI is InChI=1S/C24H28F3N3O3/c1-29-12-6-9-19(29)18-16-28-20(31)15-22(18)10-13-30(14-11-22)21(32)23(33-2,24(25,26)27)17-7-4-3-5-8-17/h3-9,12,18H,10-11,13-16H2,1-2H3,(H,28,31)/t18?,23-/m1/s1. The number of alkyl halides is 3. The number of likely N-dealkylation sites (tertiary alicyclic amines) is 1. The van der Waals surface area contributed by atoms with Crippen LogP contribution in [0.5, 0.6) is 0 Å². The highest BCUT2D eigenvalue weighted by Gasteiger charge is 2.64. The van der Waals surface area contributed by atoms with Crippen molar-refractivity contribution in [1.82, 2.24) is 14.8 Å². The second kappa shape index (κ2) is 8.52. The largest absolute Gasteiger partial charge is 0.430 e. The van der Waals surface area contributed by atoms with Gasteiger partial charge in [0.25, 0.3) is 11.5 Å². The number of rotatable bonds is 4. The Morgan fingerprint density at radius 3 is 2.33 bits per heavy atom.